The van der Waals surface area contributed by atoms with Crippen LogP contribution in [0.1, 0.15) is 49.0 Å². The maximum Gasteiger partial charge on any atom is 0.338 e. The van der Waals surface area contributed by atoms with E-state index in [2.05, 4.69) is 0 Å². The SMILES string of the molecule is CC1CCCC(C)N1C(=O)COc1ccc(C(=O)OCc2c(F)c(F)c(F)c(F)c2F)cc1. The van der Waals surface area contributed by atoms with Gasteiger partial charge in [-0.2, -0.15) is 0 Å². The van der Waals surface area contributed by atoms with Gasteiger partial charge in [-0.1, -0.05) is 0 Å². The Labute approximate surface area is 187 Å². The quantitative estimate of drug-likeness (QED) is 0.260. The number of benzene rings is 2. The van der Waals surface area contributed by atoms with Crippen LogP contribution >= 0.6 is 0 Å². The lowest BCUT2D eigenvalue weighted by atomic mass is 9.97. The molecule has 0 radical (unpaired) electrons. The van der Waals surface area contributed by atoms with Crippen molar-refractivity contribution in [2.45, 2.75) is 51.8 Å². The molecule has 3 rings (SSSR count). The van der Waals surface area contributed by atoms with Crippen LogP contribution in [0.3, 0.4) is 0 Å². The Hall–Kier alpha value is -3.17. The van der Waals surface area contributed by atoms with Crippen molar-refractivity contribution in [1.29, 1.82) is 0 Å². The molecule has 0 spiro atoms. The van der Waals surface area contributed by atoms with Gasteiger partial charge in [-0.05, 0) is 57.4 Å². The van der Waals surface area contributed by atoms with E-state index in [1.165, 1.54) is 24.3 Å². The van der Waals surface area contributed by atoms with Gasteiger partial charge < -0.3 is 14.4 Å². The summed E-state index contributed by atoms with van der Waals surface area (Å²) >= 11 is 0. The summed E-state index contributed by atoms with van der Waals surface area (Å²) in [5.41, 5.74) is -1.30. The molecule has 33 heavy (non-hydrogen) atoms. The van der Waals surface area contributed by atoms with E-state index in [9.17, 15) is 31.5 Å². The molecule has 1 amide bonds. The molecule has 1 saturated heterocycles. The largest absolute Gasteiger partial charge is 0.484 e. The summed E-state index contributed by atoms with van der Waals surface area (Å²) in [4.78, 5) is 26.4. The number of piperidine rings is 1. The highest BCUT2D eigenvalue weighted by Crippen LogP contribution is 2.25. The Balaban J connectivity index is 1.58. The highest BCUT2D eigenvalue weighted by Gasteiger charge is 2.29. The van der Waals surface area contributed by atoms with E-state index in [4.69, 9.17) is 9.47 Å². The van der Waals surface area contributed by atoms with Crippen LogP contribution in [0.25, 0.3) is 0 Å². The van der Waals surface area contributed by atoms with Gasteiger partial charge in [0.15, 0.2) is 29.9 Å². The number of carbonyl (C=O) groups is 2. The first-order valence-corrected chi connectivity index (χ1v) is 10.3. The van der Waals surface area contributed by atoms with Crippen LogP contribution in [-0.2, 0) is 16.1 Å². The Bertz CT molecular complexity index is 1010. The van der Waals surface area contributed by atoms with Gasteiger partial charge in [0, 0.05) is 12.1 Å². The maximum atomic E-state index is 13.7. The van der Waals surface area contributed by atoms with Gasteiger partial charge in [0.25, 0.3) is 5.91 Å². The average molecular weight is 471 g/mol. The van der Waals surface area contributed by atoms with Crippen molar-refractivity contribution in [1.82, 2.24) is 4.90 Å². The van der Waals surface area contributed by atoms with E-state index < -0.39 is 47.2 Å². The molecular weight excluding hydrogens is 449 g/mol. The lowest BCUT2D eigenvalue weighted by Gasteiger charge is -2.38. The number of nitrogens with zero attached hydrogens (tertiary/aromatic N) is 1. The first kappa shape index (κ1) is 24.5. The van der Waals surface area contributed by atoms with E-state index in [0.717, 1.165) is 19.3 Å². The molecule has 1 heterocycles. The van der Waals surface area contributed by atoms with Crippen molar-refractivity contribution in [2.75, 3.05) is 6.61 Å². The number of likely N-dealkylation sites (tertiary alicyclic amines) is 1. The molecule has 2 unspecified atom stereocenters. The zero-order valence-electron chi connectivity index (χ0n) is 18.0. The molecule has 10 heteroatoms. The summed E-state index contributed by atoms with van der Waals surface area (Å²) in [6.07, 6.45) is 2.92. The second-order valence-electron chi connectivity index (χ2n) is 7.87. The summed E-state index contributed by atoms with van der Waals surface area (Å²) in [5.74, 6) is -11.6. The molecule has 1 fully saturated rings. The van der Waals surface area contributed by atoms with Crippen molar-refractivity contribution in [3.05, 3.63) is 64.5 Å². The van der Waals surface area contributed by atoms with Gasteiger partial charge in [0.1, 0.15) is 12.4 Å². The number of esters is 1. The second kappa shape index (κ2) is 10.2. The van der Waals surface area contributed by atoms with Crippen LogP contribution in [0.4, 0.5) is 22.0 Å². The highest BCUT2D eigenvalue weighted by molar-refractivity contribution is 5.89. The predicted octanol–water partition coefficient (Wildman–Crippen LogP) is 4.91. The number of hydrogen-bond acceptors (Lipinski definition) is 4. The van der Waals surface area contributed by atoms with E-state index in [-0.39, 0.29) is 30.2 Å². The molecule has 0 saturated carbocycles. The van der Waals surface area contributed by atoms with Gasteiger partial charge in [-0.3, -0.25) is 4.79 Å². The van der Waals surface area contributed by atoms with Crippen molar-refractivity contribution in [2.24, 2.45) is 0 Å². The zero-order valence-corrected chi connectivity index (χ0v) is 18.0. The molecule has 2 aromatic carbocycles. The molecule has 1 aliphatic rings. The van der Waals surface area contributed by atoms with Crippen LogP contribution in [0.15, 0.2) is 24.3 Å². The molecular formula is C23H22F5NO4. The minimum absolute atomic E-state index is 0.0455. The third kappa shape index (κ3) is 5.26. The summed E-state index contributed by atoms with van der Waals surface area (Å²) in [6.45, 7) is 2.64. The van der Waals surface area contributed by atoms with Gasteiger partial charge in [-0.25, -0.2) is 26.7 Å². The number of halogens is 5. The van der Waals surface area contributed by atoms with Crippen molar-refractivity contribution in [3.63, 3.8) is 0 Å². The summed E-state index contributed by atoms with van der Waals surface area (Å²) in [6, 6.07) is 5.61. The van der Waals surface area contributed by atoms with Gasteiger partial charge in [-0.15, -0.1) is 0 Å². The van der Waals surface area contributed by atoms with Crippen molar-refractivity contribution in [3.8, 4) is 5.75 Å². The van der Waals surface area contributed by atoms with Crippen molar-refractivity contribution < 1.29 is 41.0 Å². The van der Waals surface area contributed by atoms with E-state index in [1.807, 2.05) is 13.8 Å². The number of hydrogen-bond donors (Lipinski definition) is 0. The van der Waals surface area contributed by atoms with Crippen LogP contribution < -0.4 is 4.74 Å². The second-order valence-corrected chi connectivity index (χ2v) is 7.87. The number of rotatable bonds is 6. The van der Waals surface area contributed by atoms with E-state index in [0.29, 0.717) is 5.75 Å². The van der Waals surface area contributed by atoms with E-state index in [1.54, 1.807) is 4.90 Å². The Morgan fingerprint density at radius 3 is 1.94 bits per heavy atom. The molecule has 0 aliphatic carbocycles. The first-order valence-electron chi connectivity index (χ1n) is 10.3. The minimum atomic E-state index is -2.29. The van der Waals surface area contributed by atoms with Gasteiger partial charge in [0.2, 0.25) is 5.82 Å². The maximum absolute atomic E-state index is 13.7. The Kier molecular flexibility index (Phi) is 7.55. The van der Waals surface area contributed by atoms with Crippen LogP contribution in [0.5, 0.6) is 5.75 Å². The Morgan fingerprint density at radius 2 is 1.39 bits per heavy atom. The van der Waals surface area contributed by atoms with Crippen LogP contribution in [0, 0.1) is 29.1 Å². The third-order valence-electron chi connectivity index (χ3n) is 5.58. The normalized spacial score (nSPS) is 18.2. The van der Waals surface area contributed by atoms with Gasteiger partial charge >= 0.3 is 5.97 Å². The lowest BCUT2D eigenvalue weighted by molar-refractivity contribution is -0.139. The molecule has 2 aromatic rings. The Morgan fingerprint density at radius 1 is 0.879 bits per heavy atom. The topological polar surface area (TPSA) is 55.8 Å². The summed E-state index contributed by atoms with van der Waals surface area (Å²) in [5, 5.41) is 0. The standard InChI is InChI=1S/C23H22F5NO4/c1-12-4-3-5-13(2)29(12)17(30)11-32-15-8-6-14(7-9-15)23(31)33-10-16-18(24)20(26)22(28)21(27)19(16)25/h6-9,12-13H,3-5,10-11H2,1-2H3. The minimum Gasteiger partial charge on any atom is -0.484 e. The molecule has 5 nitrogen and oxygen atoms in total. The molecule has 0 bridgehead atoms. The third-order valence-corrected chi connectivity index (χ3v) is 5.58. The smallest absolute Gasteiger partial charge is 0.338 e. The van der Waals surface area contributed by atoms with Crippen LogP contribution in [-0.4, -0.2) is 35.5 Å². The fourth-order valence-electron chi connectivity index (χ4n) is 3.82. The number of ether oxygens (including phenoxy) is 2. The zero-order chi connectivity index (χ0) is 24.3. The molecule has 0 N–H and O–H groups in total. The number of amides is 1. The molecule has 2 atom stereocenters. The lowest BCUT2D eigenvalue weighted by Crippen LogP contribution is -2.49. The predicted molar refractivity (Wildman–Crippen MR) is 107 cm³/mol. The molecule has 1 aliphatic heterocycles. The highest BCUT2D eigenvalue weighted by atomic mass is 19.2. The summed E-state index contributed by atoms with van der Waals surface area (Å²) < 4.78 is 77.1. The fraction of sp³-hybridized carbons (Fsp3) is 0.391. The average Bonchev–Trinajstić information content (AvgIpc) is 2.80. The summed E-state index contributed by atoms with van der Waals surface area (Å²) in [7, 11) is 0. The monoisotopic (exact) mass is 471 g/mol. The fourth-order valence-corrected chi connectivity index (χ4v) is 3.82. The van der Waals surface area contributed by atoms with Crippen LogP contribution in [0.2, 0.25) is 0 Å². The molecule has 178 valence electrons. The van der Waals surface area contributed by atoms with Crippen molar-refractivity contribution >= 4 is 11.9 Å². The van der Waals surface area contributed by atoms with E-state index >= 15 is 0 Å². The first-order chi connectivity index (χ1) is 15.6. The van der Waals surface area contributed by atoms with Gasteiger partial charge in [0.05, 0.1) is 11.1 Å². The number of carbonyl (C=O) groups excluding carboxylic acids is 2. The molecule has 0 aromatic heterocycles.